The summed E-state index contributed by atoms with van der Waals surface area (Å²) in [6.07, 6.45) is 0. The SMILES string of the molecule is c1ccc(-c2ccc(N(c3ccc4c(c3)C3(c5ccccc5O4)c4ccccc4-c4ccccc43)c3ccc4c(c3)oc3ccccc34)cc2)cc1. The highest BCUT2D eigenvalue weighted by molar-refractivity contribution is 6.06. The number of rotatable bonds is 4. The second kappa shape index (κ2) is 11.1. The summed E-state index contributed by atoms with van der Waals surface area (Å²) in [4.78, 5) is 2.34. The third kappa shape index (κ3) is 4.08. The van der Waals surface area contributed by atoms with Crippen molar-refractivity contribution in [2.24, 2.45) is 0 Å². The Morgan fingerprint density at radius 3 is 1.71 bits per heavy atom. The Balaban J connectivity index is 1.16. The van der Waals surface area contributed by atoms with E-state index in [4.69, 9.17) is 9.15 Å². The molecular formula is C49H31NO2. The second-order valence-electron chi connectivity index (χ2n) is 13.6. The van der Waals surface area contributed by atoms with E-state index in [2.05, 4.69) is 181 Å². The van der Waals surface area contributed by atoms with Gasteiger partial charge in [0.05, 0.1) is 5.41 Å². The van der Waals surface area contributed by atoms with Gasteiger partial charge < -0.3 is 14.1 Å². The molecular weight excluding hydrogens is 635 g/mol. The van der Waals surface area contributed by atoms with Gasteiger partial charge in [0.1, 0.15) is 22.7 Å². The van der Waals surface area contributed by atoms with Gasteiger partial charge in [0.2, 0.25) is 0 Å². The molecule has 0 N–H and O–H groups in total. The lowest BCUT2D eigenvalue weighted by atomic mass is 9.66. The second-order valence-corrected chi connectivity index (χ2v) is 13.6. The van der Waals surface area contributed by atoms with E-state index in [9.17, 15) is 0 Å². The molecule has 1 aliphatic carbocycles. The maximum absolute atomic E-state index is 6.76. The van der Waals surface area contributed by atoms with Crippen LogP contribution in [0.3, 0.4) is 0 Å². The number of ether oxygens (including phenoxy) is 1. The smallest absolute Gasteiger partial charge is 0.137 e. The Kier molecular flexibility index (Phi) is 6.17. The molecule has 3 nitrogen and oxygen atoms in total. The lowest BCUT2D eigenvalue weighted by Gasteiger charge is -2.40. The highest BCUT2D eigenvalue weighted by Gasteiger charge is 2.51. The molecule has 11 rings (SSSR count). The van der Waals surface area contributed by atoms with Crippen LogP contribution >= 0.6 is 0 Å². The summed E-state index contributed by atoms with van der Waals surface area (Å²) in [7, 11) is 0. The number of hydrogen-bond acceptors (Lipinski definition) is 3. The van der Waals surface area contributed by atoms with Gasteiger partial charge in [-0.15, -0.1) is 0 Å². The van der Waals surface area contributed by atoms with Gasteiger partial charge in [-0.3, -0.25) is 0 Å². The van der Waals surface area contributed by atoms with Crippen LogP contribution in [0.15, 0.2) is 192 Å². The van der Waals surface area contributed by atoms with Gasteiger partial charge >= 0.3 is 0 Å². The molecule has 2 heterocycles. The number of fused-ring (bicyclic) bond motifs is 12. The number of anilines is 3. The average Bonchev–Trinajstić information content (AvgIpc) is 3.73. The monoisotopic (exact) mass is 665 g/mol. The summed E-state index contributed by atoms with van der Waals surface area (Å²) in [5.41, 5.74) is 14.0. The van der Waals surface area contributed by atoms with Crippen molar-refractivity contribution < 1.29 is 9.15 Å². The largest absolute Gasteiger partial charge is 0.457 e. The number of benzene rings is 8. The van der Waals surface area contributed by atoms with Crippen molar-refractivity contribution in [1.82, 2.24) is 0 Å². The summed E-state index contributed by atoms with van der Waals surface area (Å²) in [5.74, 6) is 1.75. The molecule has 1 aromatic heterocycles. The number of furan rings is 1. The summed E-state index contributed by atoms with van der Waals surface area (Å²) >= 11 is 0. The van der Waals surface area contributed by atoms with Gasteiger partial charge in [0.25, 0.3) is 0 Å². The Hall–Kier alpha value is -6.84. The maximum Gasteiger partial charge on any atom is 0.137 e. The Labute approximate surface area is 301 Å². The number of nitrogens with zero attached hydrogens (tertiary/aromatic N) is 1. The molecule has 1 aliphatic heterocycles. The van der Waals surface area contributed by atoms with E-state index in [1.807, 2.05) is 12.1 Å². The fraction of sp³-hybridized carbons (Fsp3) is 0.0204. The Bertz CT molecular complexity index is 2790. The molecule has 0 atom stereocenters. The summed E-state index contributed by atoms with van der Waals surface area (Å²) in [6.45, 7) is 0. The molecule has 52 heavy (non-hydrogen) atoms. The number of para-hydroxylation sites is 2. The first-order chi connectivity index (χ1) is 25.8. The third-order valence-corrected chi connectivity index (χ3v) is 10.9. The van der Waals surface area contributed by atoms with Crippen molar-refractivity contribution in [3.8, 4) is 33.8 Å². The quantitative estimate of drug-likeness (QED) is 0.187. The zero-order valence-electron chi connectivity index (χ0n) is 28.2. The maximum atomic E-state index is 6.76. The molecule has 0 saturated heterocycles. The zero-order valence-corrected chi connectivity index (χ0v) is 28.2. The standard InChI is InChI=1S/C49H31NO2/c1-2-12-32(13-3-1)33-22-24-34(25-23-33)50(36-26-28-40-39-16-6-10-20-45(39)51-48(40)31-36)35-27-29-47-44(30-35)49(43-19-9-11-21-46(43)52-47)41-17-7-4-14-37(41)38-15-5-8-18-42(38)49/h1-31H. The van der Waals surface area contributed by atoms with Gasteiger partial charge in [0, 0.05) is 45.0 Å². The van der Waals surface area contributed by atoms with E-state index in [1.165, 1.54) is 33.4 Å². The molecule has 0 fully saturated rings. The van der Waals surface area contributed by atoms with Crippen molar-refractivity contribution in [3.05, 3.63) is 210 Å². The topological polar surface area (TPSA) is 25.6 Å². The molecule has 3 heteroatoms. The van der Waals surface area contributed by atoms with Crippen LogP contribution in [0.25, 0.3) is 44.2 Å². The normalized spacial score (nSPS) is 13.3. The van der Waals surface area contributed by atoms with Crippen LogP contribution < -0.4 is 9.64 Å². The van der Waals surface area contributed by atoms with Crippen LogP contribution in [0.2, 0.25) is 0 Å². The minimum atomic E-state index is -0.557. The van der Waals surface area contributed by atoms with Crippen molar-refractivity contribution in [2.75, 3.05) is 4.90 Å². The third-order valence-electron chi connectivity index (χ3n) is 10.9. The highest BCUT2D eigenvalue weighted by Crippen LogP contribution is 2.62. The average molecular weight is 666 g/mol. The van der Waals surface area contributed by atoms with Crippen molar-refractivity contribution in [1.29, 1.82) is 0 Å². The van der Waals surface area contributed by atoms with Gasteiger partial charge in [-0.1, -0.05) is 127 Å². The molecule has 0 amide bonds. The van der Waals surface area contributed by atoms with Gasteiger partial charge in [-0.2, -0.15) is 0 Å². The van der Waals surface area contributed by atoms with E-state index < -0.39 is 5.41 Å². The Morgan fingerprint density at radius 1 is 0.365 bits per heavy atom. The molecule has 1 spiro atoms. The van der Waals surface area contributed by atoms with E-state index in [0.29, 0.717) is 0 Å². The number of hydrogen-bond donors (Lipinski definition) is 0. The summed E-state index contributed by atoms with van der Waals surface area (Å²) in [5, 5.41) is 2.22. The predicted molar refractivity (Wildman–Crippen MR) is 211 cm³/mol. The molecule has 0 radical (unpaired) electrons. The van der Waals surface area contributed by atoms with Gasteiger partial charge in [-0.25, -0.2) is 0 Å². The minimum Gasteiger partial charge on any atom is -0.457 e. The van der Waals surface area contributed by atoms with Crippen LogP contribution in [0.5, 0.6) is 11.5 Å². The molecule has 0 unspecified atom stereocenters. The van der Waals surface area contributed by atoms with Crippen molar-refractivity contribution >= 4 is 39.0 Å². The zero-order chi connectivity index (χ0) is 34.2. The molecule has 0 bridgehead atoms. The minimum absolute atomic E-state index is 0.557. The lowest BCUT2D eigenvalue weighted by Crippen LogP contribution is -2.32. The van der Waals surface area contributed by atoms with Crippen LogP contribution in [0.1, 0.15) is 22.3 Å². The molecule has 244 valence electrons. The van der Waals surface area contributed by atoms with Gasteiger partial charge in [0.15, 0.2) is 0 Å². The highest BCUT2D eigenvalue weighted by atomic mass is 16.5. The molecule has 8 aromatic carbocycles. The summed E-state index contributed by atoms with van der Waals surface area (Å²) < 4.78 is 13.2. The van der Waals surface area contributed by atoms with Crippen LogP contribution in [-0.2, 0) is 5.41 Å². The Morgan fingerprint density at radius 2 is 0.923 bits per heavy atom. The molecule has 9 aromatic rings. The lowest BCUT2D eigenvalue weighted by molar-refractivity contribution is 0.436. The van der Waals surface area contributed by atoms with Crippen LogP contribution in [-0.4, -0.2) is 0 Å². The fourth-order valence-electron chi connectivity index (χ4n) is 8.72. The summed E-state index contributed by atoms with van der Waals surface area (Å²) in [6, 6.07) is 67.1. The first-order valence-electron chi connectivity index (χ1n) is 17.8. The molecule has 0 saturated carbocycles. The van der Waals surface area contributed by atoms with E-state index in [0.717, 1.165) is 61.6 Å². The van der Waals surface area contributed by atoms with Gasteiger partial charge in [-0.05, 0) is 88.0 Å². The van der Waals surface area contributed by atoms with E-state index in [-0.39, 0.29) is 0 Å². The van der Waals surface area contributed by atoms with Crippen LogP contribution in [0.4, 0.5) is 17.1 Å². The molecule has 2 aliphatic rings. The van der Waals surface area contributed by atoms with E-state index >= 15 is 0 Å². The predicted octanol–water partition coefficient (Wildman–Crippen LogP) is 13.2. The first kappa shape index (κ1) is 28.9. The van der Waals surface area contributed by atoms with Crippen molar-refractivity contribution in [3.63, 3.8) is 0 Å². The fourth-order valence-corrected chi connectivity index (χ4v) is 8.72. The van der Waals surface area contributed by atoms with E-state index in [1.54, 1.807) is 0 Å². The van der Waals surface area contributed by atoms with Crippen LogP contribution in [0, 0.1) is 0 Å². The first-order valence-corrected chi connectivity index (χ1v) is 17.8. The van der Waals surface area contributed by atoms with Crippen molar-refractivity contribution in [2.45, 2.75) is 5.41 Å².